The van der Waals surface area contributed by atoms with Gasteiger partial charge >= 0.3 is 0 Å². The zero-order chi connectivity index (χ0) is 11.7. The second kappa shape index (κ2) is 9.13. The number of likely N-dealkylation sites (N-methyl/N-ethyl adjacent to an activating group) is 1. The molecule has 0 rings (SSSR count). The normalized spacial score (nSPS) is 13.8. The summed E-state index contributed by atoms with van der Waals surface area (Å²) in [4.78, 5) is 4.91. The van der Waals surface area contributed by atoms with Gasteiger partial charge in [-0.1, -0.05) is 20.8 Å². The van der Waals surface area contributed by atoms with Gasteiger partial charge in [0, 0.05) is 12.6 Å². The third-order valence-electron chi connectivity index (χ3n) is 2.84. The van der Waals surface area contributed by atoms with Crippen molar-refractivity contribution in [2.24, 2.45) is 5.73 Å². The Morgan fingerprint density at radius 2 is 1.40 bits per heavy atom. The van der Waals surface area contributed by atoms with Crippen LogP contribution < -0.4 is 5.73 Å². The minimum absolute atomic E-state index is 0.290. The van der Waals surface area contributed by atoms with Crippen LogP contribution in [-0.2, 0) is 0 Å². The first-order chi connectivity index (χ1) is 7.13. The van der Waals surface area contributed by atoms with Gasteiger partial charge in [-0.05, 0) is 46.1 Å². The fourth-order valence-electron chi connectivity index (χ4n) is 1.84. The monoisotopic (exact) mass is 215 g/mol. The molecule has 0 aromatic rings. The van der Waals surface area contributed by atoms with Crippen molar-refractivity contribution in [3.63, 3.8) is 0 Å². The molecule has 0 aliphatic rings. The minimum atomic E-state index is 0.290. The van der Waals surface area contributed by atoms with Crippen molar-refractivity contribution in [2.75, 3.05) is 39.3 Å². The zero-order valence-electron chi connectivity index (χ0n) is 11.0. The Balaban J connectivity index is 3.61. The standard InChI is InChI=1S/C12H29N3/c1-5-14(6-2)9-8-10-15(7-3)11-12(4)13/h12H,5-11,13H2,1-4H3/t12-/m0/s1. The van der Waals surface area contributed by atoms with E-state index in [9.17, 15) is 0 Å². The Morgan fingerprint density at radius 3 is 1.80 bits per heavy atom. The summed E-state index contributed by atoms with van der Waals surface area (Å²) in [5.41, 5.74) is 5.80. The molecule has 92 valence electrons. The van der Waals surface area contributed by atoms with Gasteiger partial charge in [0.25, 0.3) is 0 Å². The predicted molar refractivity (Wildman–Crippen MR) is 68.2 cm³/mol. The highest BCUT2D eigenvalue weighted by molar-refractivity contribution is 4.64. The van der Waals surface area contributed by atoms with Crippen molar-refractivity contribution in [2.45, 2.75) is 40.2 Å². The summed E-state index contributed by atoms with van der Waals surface area (Å²) in [5.74, 6) is 0. The molecule has 0 aliphatic carbocycles. The number of hydrogen-bond donors (Lipinski definition) is 1. The van der Waals surface area contributed by atoms with E-state index in [0.717, 1.165) is 26.2 Å². The molecule has 0 heterocycles. The van der Waals surface area contributed by atoms with Crippen LogP contribution >= 0.6 is 0 Å². The topological polar surface area (TPSA) is 32.5 Å². The lowest BCUT2D eigenvalue weighted by atomic mass is 10.3. The average Bonchev–Trinajstić information content (AvgIpc) is 2.22. The highest BCUT2D eigenvalue weighted by Gasteiger charge is 2.05. The maximum Gasteiger partial charge on any atom is 0.0139 e. The van der Waals surface area contributed by atoms with Crippen LogP contribution in [0.5, 0.6) is 0 Å². The van der Waals surface area contributed by atoms with E-state index in [1.54, 1.807) is 0 Å². The summed E-state index contributed by atoms with van der Waals surface area (Å²) in [6.45, 7) is 15.6. The SMILES string of the molecule is CCN(CC)CCCN(CC)C[C@H](C)N. The molecule has 2 N–H and O–H groups in total. The van der Waals surface area contributed by atoms with Gasteiger partial charge in [-0.2, -0.15) is 0 Å². The highest BCUT2D eigenvalue weighted by Crippen LogP contribution is 1.96. The van der Waals surface area contributed by atoms with E-state index in [-0.39, 0.29) is 0 Å². The van der Waals surface area contributed by atoms with Crippen LogP contribution in [0.3, 0.4) is 0 Å². The molecule has 0 aliphatic heterocycles. The van der Waals surface area contributed by atoms with Crippen LogP contribution in [0.25, 0.3) is 0 Å². The Morgan fingerprint density at radius 1 is 0.933 bits per heavy atom. The molecule has 0 fully saturated rings. The Kier molecular flexibility index (Phi) is 9.06. The van der Waals surface area contributed by atoms with E-state index in [1.165, 1.54) is 19.5 Å². The second-order valence-corrected chi connectivity index (χ2v) is 4.25. The smallest absolute Gasteiger partial charge is 0.0139 e. The lowest BCUT2D eigenvalue weighted by Gasteiger charge is -2.24. The summed E-state index contributed by atoms with van der Waals surface area (Å²) < 4.78 is 0. The number of nitrogens with two attached hydrogens (primary N) is 1. The molecule has 0 spiro atoms. The van der Waals surface area contributed by atoms with E-state index in [2.05, 4.69) is 37.5 Å². The minimum Gasteiger partial charge on any atom is -0.327 e. The molecule has 0 saturated heterocycles. The van der Waals surface area contributed by atoms with Crippen LogP contribution in [-0.4, -0.2) is 55.1 Å². The average molecular weight is 215 g/mol. The van der Waals surface area contributed by atoms with Crippen molar-refractivity contribution < 1.29 is 0 Å². The van der Waals surface area contributed by atoms with Gasteiger partial charge in [-0.25, -0.2) is 0 Å². The molecule has 3 heteroatoms. The Hall–Kier alpha value is -0.120. The zero-order valence-corrected chi connectivity index (χ0v) is 11.0. The van der Waals surface area contributed by atoms with Gasteiger partial charge in [0.05, 0.1) is 0 Å². The Labute approximate surface area is 95.6 Å². The molecule has 0 aromatic heterocycles. The van der Waals surface area contributed by atoms with Crippen LogP contribution in [0.15, 0.2) is 0 Å². The summed E-state index contributed by atoms with van der Waals surface area (Å²) in [6, 6.07) is 0.290. The summed E-state index contributed by atoms with van der Waals surface area (Å²) in [5, 5.41) is 0. The van der Waals surface area contributed by atoms with Crippen LogP contribution in [0.1, 0.15) is 34.1 Å². The molecule has 0 amide bonds. The maximum absolute atomic E-state index is 5.80. The molecule has 0 bridgehead atoms. The molecular weight excluding hydrogens is 186 g/mol. The first-order valence-corrected chi connectivity index (χ1v) is 6.34. The molecule has 3 nitrogen and oxygen atoms in total. The lowest BCUT2D eigenvalue weighted by Crippen LogP contribution is -2.37. The van der Waals surface area contributed by atoms with Crippen molar-refractivity contribution in [3.05, 3.63) is 0 Å². The number of rotatable bonds is 9. The van der Waals surface area contributed by atoms with Crippen LogP contribution in [0, 0.1) is 0 Å². The van der Waals surface area contributed by atoms with E-state index in [1.807, 2.05) is 0 Å². The fourth-order valence-corrected chi connectivity index (χ4v) is 1.84. The van der Waals surface area contributed by atoms with Crippen molar-refractivity contribution in [1.82, 2.24) is 9.80 Å². The van der Waals surface area contributed by atoms with Crippen LogP contribution in [0.4, 0.5) is 0 Å². The molecule has 1 atom stereocenters. The first kappa shape index (κ1) is 14.9. The third-order valence-corrected chi connectivity index (χ3v) is 2.84. The fraction of sp³-hybridized carbons (Fsp3) is 1.00. The van der Waals surface area contributed by atoms with Gasteiger partial charge in [-0.3, -0.25) is 0 Å². The van der Waals surface area contributed by atoms with Gasteiger partial charge in [0.1, 0.15) is 0 Å². The highest BCUT2D eigenvalue weighted by atomic mass is 15.1. The third kappa shape index (κ3) is 7.77. The van der Waals surface area contributed by atoms with Gasteiger partial charge < -0.3 is 15.5 Å². The molecule has 0 aromatic carbocycles. The van der Waals surface area contributed by atoms with Crippen molar-refractivity contribution in [3.8, 4) is 0 Å². The van der Waals surface area contributed by atoms with Crippen LogP contribution in [0.2, 0.25) is 0 Å². The summed E-state index contributed by atoms with van der Waals surface area (Å²) in [6.07, 6.45) is 1.25. The molecular formula is C12H29N3. The largest absolute Gasteiger partial charge is 0.327 e. The van der Waals surface area contributed by atoms with E-state index < -0.39 is 0 Å². The molecule has 0 unspecified atom stereocenters. The van der Waals surface area contributed by atoms with Crippen molar-refractivity contribution >= 4 is 0 Å². The van der Waals surface area contributed by atoms with Crippen molar-refractivity contribution in [1.29, 1.82) is 0 Å². The predicted octanol–water partition coefficient (Wildman–Crippen LogP) is 1.39. The maximum atomic E-state index is 5.80. The number of nitrogens with zero attached hydrogens (tertiary/aromatic N) is 2. The summed E-state index contributed by atoms with van der Waals surface area (Å²) in [7, 11) is 0. The van der Waals surface area contributed by atoms with Gasteiger partial charge in [0.2, 0.25) is 0 Å². The second-order valence-electron chi connectivity index (χ2n) is 4.25. The Bertz CT molecular complexity index is 133. The number of hydrogen-bond acceptors (Lipinski definition) is 3. The van der Waals surface area contributed by atoms with E-state index in [0.29, 0.717) is 6.04 Å². The van der Waals surface area contributed by atoms with Gasteiger partial charge in [-0.15, -0.1) is 0 Å². The first-order valence-electron chi connectivity index (χ1n) is 6.34. The van der Waals surface area contributed by atoms with E-state index in [4.69, 9.17) is 5.73 Å². The summed E-state index contributed by atoms with van der Waals surface area (Å²) >= 11 is 0. The molecule has 0 radical (unpaired) electrons. The van der Waals surface area contributed by atoms with Gasteiger partial charge in [0.15, 0.2) is 0 Å². The quantitative estimate of drug-likeness (QED) is 0.631. The molecule has 15 heavy (non-hydrogen) atoms. The molecule has 0 saturated carbocycles. The van der Waals surface area contributed by atoms with E-state index >= 15 is 0 Å². The lowest BCUT2D eigenvalue weighted by molar-refractivity contribution is 0.237.